The van der Waals surface area contributed by atoms with Crippen molar-refractivity contribution in [2.75, 3.05) is 0 Å². The van der Waals surface area contributed by atoms with Gasteiger partial charge in [-0.1, -0.05) is 17.6 Å². The van der Waals surface area contributed by atoms with Crippen molar-refractivity contribution in [1.29, 1.82) is 0 Å². The van der Waals surface area contributed by atoms with E-state index in [9.17, 15) is 0 Å². The van der Waals surface area contributed by atoms with Gasteiger partial charge in [0.2, 0.25) is 0 Å². The van der Waals surface area contributed by atoms with Gasteiger partial charge in [0.05, 0.1) is 5.65 Å². The average Bonchev–Trinajstić information content (AvgIpc) is 2.65. The maximum atomic E-state index is 4.24. The third kappa shape index (κ3) is 1.25. The third-order valence-electron chi connectivity index (χ3n) is 2.10. The predicted molar refractivity (Wildman–Crippen MR) is 49.3 cm³/mol. The topological polar surface area (TPSA) is 30.2 Å². The van der Waals surface area contributed by atoms with Crippen molar-refractivity contribution in [1.82, 2.24) is 14.4 Å². The number of hydrogen-bond donors (Lipinski definition) is 0. The predicted octanol–water partition coefficient (Wildman–Crippen LogP) is 1.68. The van der Waals surface area contributed by atoms with Gasteiger partial charge >= 0.3 is 0 Å². The molecule has 0 atom stereocenters. The molecule has 0 aliphatic rings. The molecule has 14 heavy (non-hydrogen) atoms. The minimum atomic E-state index is 0. The molecule has 0 radical (unpaired) electrons. The fraction of sp³-hybridized carbons (Fsp3) is 0. The van der Waals surface area contributed by atoms with E-state index in [1.807, 2.05) is 28.9 Å². The van der Waals surface area contributed by atoms with Gasteiger partial charge in [-0.2, -0.15) is 0 Å². The zero-order chi connectivity index (χ0) is 8.67. The monoisotopic (exact) mass is 363 g/mol. The first-order valence-electron chi connectivity index (χ1n) is 4.03. The van der Waals surface area contributed by atoms with Crippen LogP contribution in [0.2, 0.25) is 0 Å². The quantitative estimate of drug-likeness (QED) is 0.569. The summed E-state index contributed by atoms with van der Waals surface area (Å²) in [5.74, 6) is 0. The van der Waals surface area contributed by atoms with Crippen LogP contribution in [0.15, 0.2) is 36.9 Å². The zero-order valence-corrected chi connectivity index (χ0v) is 9.39. The maximum Gasteiger partial charge on any atom is 0.0618 e. The zero-order valence-electron chi connectivity index (χ0n) is 7.12. The van der Waals surface area contributed by atoms with Gasteiger partial charge in [0.15, 0.2) is 0 Å². The second kappa shape index (κ2) is 3.50. The number of hydrogen-bond acceptors (Lipinski definition) is 2. The molecule has 4 heteroatoms. The van der Waals surface area contributed by atoms with Crippen molar-refractivity contribution in [2.24, 2.45) is 0 Å². The van der Waals surface area contributed by atoms with Crippen LogP contribution in [0.25, 0.3) is 16.4 Å². The van der Waals surface area contributed by atoms with E-state index in [2.05, 4.69) is 16.2 Å². The summed E-state index contributed by atoms with van der Waals surface area (Å²) in [5, 5.41) is 2.09. The molecule has 0 N–H and O–H groups in total. The van der Waals surface area contributed by atoms with E-state index in [1.165, 1.54) is 0 Å². The van der Waals surface area contributed by atoms with Gasteiger partial charge in [-0.3, -0.25) is 4.98 Å². The Balaban J connectivity index is 0.000000750. The largest absolute Gasteiger partial charge is 0.360 e. The fourth-order valence-electron chi connectivity index (χ4n) is 1.47. The maximum absolute atomic E-state index is 4.24. The number of rotatable bonds is 0. The Kier molecular flexibility index (Phi) is 2.34. The van der Waals surface area contributed by atoms with Crippen molar-refractivity contribution in [2.45, 2.75) is 0 Å². The van der Waals surface area contributed by atoms with E-state index in [0.717, 1.165) is 16.4 Å². The minimum absolute atomic E-state index is 0. The first kappa shape index (κ1) is 9.35. The number of pyridine rings is 2. The minimum Gasteiger partial charge on any atom is -0.360 e. The SMILES string of the molecule is [Pt].[c-]1nccc2ccn3ccnc3c12. The normalized spacial score (nSPS) is 10.3. The molecule has 0 saturated carbocycles. The Bertz CT molecular complexity index is 573. The Morgan fingerprint density at radius 1 is 1.14 bits per heavy atom. The summed E-state index contributed by atoms with van der Waals surface area (Å²) in [7, 11) is 0. The van der Waals surface area contributed by atoms with Crippen molar-refractivity contribution >= 4 is 16.4 Å². The molecule has 0 spiro atoms. The molecule has 3 heterocycles. The molecule has 3 aromatic rings. The summed E-state index contributed by atoms with van der Waals surface area (Å²) in [6.45, 7) is 0. The summed E-state index contributed by atoms with van der Waals surface area (Å²) < 4.78 is 1.96. The molecule has 3 nitrogen and oxygen atoms in total. The van der Waals surface area contributed by atoms with Gasteiger partial charge in [-0.25, -0.2) is 0 Å². The van der Waals surface area contributed by atoms with Crippen LogP contribution in [-0.2, 0) is 21.1 Å². The number of fused-ring (bicyclic) bond motifs is 3. The van der Waals surface area contributed by atoms with Crippen LogP contribution in [0.4, 0.5) is 0 Å². The van der Waals surface area contributed by atoms with Crippen molar-refractivity contribution in [3.8, 4) is 0 Å². The van der Waals surface area contributed by atoms with E-state index in [-0.39, 0.29) is 21.1 Å². The molecular formula is C10H6N3Pt-. The van der Waals surface area contributed by atoms with Crippen LogP contribution < -0.4 is 0 Å². The van der Waals surface area contributed by atoms with E-state index in [4.69, 9.17) is 0 Å². The molecule has 0 bridgehead atoms. The van der Waals surface area contributed by atoms with Crippen LogP contribution in [0.3, 0.4) is 0 Å². The fourth-order valence-corrected chi connectivity index (χ4v) is 1.47. The van der Waals surface area contributed by atoms with Gasteiger partial charge in [-0.05, 0) is 12.4 Å². The number of imidazole rings is 1. The second-order valence-corrected chi connectivity index (χ2v) is 2.86. The van der Waals surface area contributed by atoms with Gasteiger partial charge in [-0.15, -0.1) is 11.5 Å². The van der Waals surface area contributed by atoms with Crippen LogP contribution in [-0.4, -0.2) is 14.4 Å². The molecule has 0 aliphatic carbocycles. The second-order valence-electron chi connectivity index (χ2n) is 2.86. The Morgan fingerprint density at radius 2 is 2.07 bits per heavy atom. The summed E-state index contributed by atoms with van der Waals surface area (Å²) in [5.41, 5.74) is 0.908. The summed E-state index contributed by atoms with van der Waals surface area (Å²) >= 11 is 0. The van der Waals surface area contributed by atoms with Gasteiger partial charge < -0.3 is 9.38 Å². The molecule has 3 aromatic heterocycles. The van der Waals surface area contributed by atoms with Crippen molar-refractivity contribution in [3.63, 3.8) is 0 Å². The third-order valence-corrected chi connectivity index (χ3v) is 2.10. The number of nitrogens with zero attached hydrogens (tertiary/aromatic N) is 3. The molecule has 0 aromatic carbocycles. The molecule has 0 saturated heterocycles. The summed E-state index contributed by atoms with van der Waals surface area (Å²) in [4.78, 5) is 8.20. The average molecular weight is 363 g/mol. The van der Waals surface area contributed by atoms with Crippen LogP contribution >= 0.6 is 0 Å². The van der Waals surface area contributed by atoms with E-state index in [0.29, 0.717) is 0 Å². The summed E-state index contributed by atoms with van der Waals surface area (Å²) in [6.07, 6.45) is 10.4. The van der Waals surface area contributed by atoms with Gasteiger partial charge in [0.25, 0.3) is 0 Å². The molecule has 72 valence electrons. The molecule has 0 fully saturated rings. The molecular weight excluding hydrogens is 357 g/mol. The first-order chi connectivity index (χ1) is 6.45. The smallest absolute Gasteiger partial charge is 0.0618 e. The molecule has 0 aliphatic heterocycles. The Labute approximate surface area is 95.1 Å². The van der Waals surface area contributed by atoms with E-state index in [1.54, 1.807) is 12.4 Å². The molecule has 3 rings (SSSR count). The Hall–Kier alpha value is -1.21. The van der Waals surface area contributed by atoms with Gasteiger partial charge in [0, 0.05) is 33.5 Å². The van der Waals surface area contributed by atoms with Crippen LogP contribution in [0, 0.1) is 6.20 Å². The van der Waals surface area contributed by atoms with Crippen molar-refractivity contribution in [3.05, 3.63) is 43.1 Å². The van der Waals surface area contributed by atoms with Crippen LogP contribution in [0.5, 0.6) is 0 Å². The van der Waals surface area contributed by atoms with Crippen molar-refractivity contribution < 1.29 is 21.1 Å². The van der Waals surface area contributed by atoms with E-state index < -0.39 is 0 Å². The van der Waals surface area contributed by atoms with Crippen LogP contribution in [0.1, 0.15) is 0 Å². The first-order valence-corrected chi connectivity index (χ1v) is 4.03. The molecule has 0 amide bonds. The molecule has 0 unspecified atom stereocenters. The standard InChI is InChI=1S/C10H6N3.Pt/c1-3-11-7-9-8(1)2-5-13-6-4-12-10(9)13;/h1-6H;/q-1;. The Morgan fingerprint density at radius 3 is 3.00 bits per heavy atom. The summed E-state index contributed by atoms with van der Waals surface area (Å²) in [6, 6.07) is 3.99. The van der Waals surface area contributed by atoms with Gasteiger partial charge in [0.1, 0.15) is 0 Å². The van der Waals surface area contributed by atoms with E-state index >= 15 is 0 Å². The number of aromatic nitrogens is 3.